The Morgan fingerprint density at radius 3 is 2.65 bits per heavy atom. The third kappa shape index (κ3) is 4.72. The highest BCUT2D eigenvalue weighted by Gasteiger charge is 2.14. The van der Waals surface area contributed by atoms with Crippen molar-refractivity contribution in [1.82, 2.24) is 4.57 Å². The van der Waals surface area contributed by atoms with E-state index in [4.69, 9.17) is 4.74 Å². The number of ether oxygens (including phenoxy) is 2. The van der Waals surface area contributed by atoms with Crippen LogP contribution in [0.1, 0.15) is 19.5 Å². The van der Waals surface area contributed by atoms with E-state index in [1.807, 2.05) is 33.2 Å². The second-order valence-electron chi connectivity index (χ2n) is 4.22. The van der Waals surface area contributed by atoms with E-state index >= 15 is 0 Å². The van der Waals surface area contributed by atoms with Crippen molar-refractivity contribution in [3.63, 3.8) is 0 Å². The molecule has 1 heterocycles. The molecule has 0 aliphatic rings. The molecule has 5 heteroatoms. The molecule has 0 N–H and O–H groups in total. The van der Waals surface area contributed by atoms with Crippen molar-refractivity contribution in [2.24, 2.45) is 13.0 Å². The Kier molecular flexibility index (Phi) is 4.75. The van der Waals surface area contributed by atoms with Gasteiger partial charge < -0.3 is 14.0 Å². The fourth-order valence-corrected chi connectivity index (χ4v) is 1.22. The molecule has 0 radical (unpaired) electrons. The molecule has 0 saturated heterocycles. The average molecular weight is 239 g/mol. The molecule has 0 saturated carbocycles. The maximum Gasteiger partial charge on any atom is 0.516 e. The SMILES string of the molecule is CC(C)COC(=O)OC(=O)Cc1cccn1C. The van der Waals surface area contributed by atoms with Crippen molar-refractivity contribution in [2.75, 3.05) is 6.61 Å². The molecule has 0 aromatic carbocycles. The van der Waals surface area contributed by atoms with Gasteiger partial charge in [0, 0.05) is 18.9 Å². The molecule has 0 atom stereocenters. The number of hydrogen-bond acceptors (Lipinski definition) is 4. The summed E-state index contributed by atoms with van der Waals surface area (Å²) in [4.78, 5) is 22.5. The predicted molar refractivity (Wildman–Crippen MR) is 61.4 cm³/mol. The Morgan fingerprint density at radius 1 is 1.41 bits per heavy atom. The average Bonchev–Trinajstić information content (AvgIpc) is 2.61. The van der Waals surface area contributed by atoms with Gasteiger partial charge in [0.25, 0.3) is 0 Å². The smallest absolute Gasteiger partial charge is 0.434 e. The molecule has 1 aromatic rings. The summed E-state index contributed by atoms with van der Waals surface area (Å²) in [5.74, 6) is -0.397. The van der Waals surface area contributed by atoms with E-state index < -0.39 is 12.1 Å². The van der Waals surface area contributed by atoms with Crippen LogP contribution in [0.25, 0.3) is 0 Å². The summed E-state index contributed by atoms with van der Waals surface area (Å²) >= 11 is 0. The molecule has 1 aromatic heterocycles. The lowest BCUT2D eigenvalue weighted by molar-refractivity contribution is -0.139. The fraction of sp³-hybridized carbons (Fsp3) is 0.500. The zero-order chi connectivity index (χ0) is 12.8. The van der Waals surface area contributed by atoms with Crippen LogP contribution in [-0.4, -0.2) is 23.3 Å². The first-order chi connectivity index (χ1) is 7.99. The Balaban J connectivity index is 2.35. The van der Waals surface area contributed by atoms with Gasteiger partial charge in [-0.15, -0.1) is 0 Å². The van der Waals surface area contributed by atoms with E-state index in [9.17, 15) is 9.59 Å². The highest BCUT2D eigenvalue weighted by atomic mass is 16.7. The van der Waals surface area contributed by atoms with Gasteiger partial charge in [-0.3, -0.25) is 4.79 Å². The van der Waals surface area contributed by atoms with Gasteiger partial charge in [-0.25, -0.2) is 4.79 Å². The van der Waals surface area contributed by atoms with Crippen molar-refractivity contribution in [3.05, 3.63) is 24.0 Å². The minimum atomic E-state index is -0.932. The van der Waals surface area contributed by atoms with Gasteiger partial charge in [-0.05, 0) is 18.1 Å². The van der Waals surface area contributed by atoms with Crippen molar-refractivity contribution in [2.45, 2.75) is 20.3 Å². The van der Waals surface area contributed by atoms with Crippen LogP contribution in [0.15, 0.2) is 18.3 Å². The van der Waals surface area contributed by atoms with Gasteiger partial charge in [0.05, 0.1) is 13.0 Å². The van der Waals surface area contributed by atoms with E-state index in [0.29, 0.717) is 0 Å². The van der Waals surface area contributed by atoms with Gasteiger partial charge in [0.15, 0.2) is 0 Å². The monoisotopic (exact) mass is 239 g/mol. The van der Waals surface area contributed by atoms with Crippen LogP contribution >= 0.6 is 0 Å². The second-order valence-corrected chi connectivity index (χ2v) is 4.22. The maximum absolute atomic E-state index is 11.4. The molecule has 17 heavy (non-hydrogen) atoms. The van der Waals surface area contributed by atoms with Crippen molar-refractivity contribution < 1.29 is 19.1 Å². The summed E-state index contributed by atoms with van der Waals surface area (Å²) in [5, 5.41) is 0. The quantitative estimate of drug-likeness (QED) is 0.595. The standard InChI is InChI=1S/C12H17NO4/c1-9(2)8-16-12(15)17-11(14)7-10-5-4-6-13(10)3/h4-6,9H,7-8H2,1-3H3. The van der Waals surface area contributed by atoms with Crippen LogP contribution in [-0.2, 0) is 27.7 Å². The lowest BCUT2D eigenvalue weighted by Crippen LogP contribution is -2.18. The summed E-state index contributed by atoms with van der Waals surface area (Å²) in [6.45, 7) is 4.05. The number of aromatic nitrogens is 1. The third-order valence-electron chi connectivity index (χ3n) is 2.11. The zero-order valence-corrected chi connectivity index (χ0v) is 10.3. The summed E-state index contributed by atoms with van der Waals surface area (Å²) < 4.78 is 11.0. The second kappa shape index (κ2) is 6.08. The minimum absolute atomic E-state index is 0.0558. The number of rotatable bonds is 4. The molecule has 94 valence electrons. The number of hydrogen-bond donors (Lipinski definition) is 0. The van der Waals surface area contributed by atoms with Crippen molar-refractivity contribution in [3.8, 4) is 0 Å². The van der Waals surface area contributed by atoms with Crippen LogP contribution in [0.3, 0.4) is 0 Å². The molecule has 0 aliphatic carbocycles. The first kappa shape index (κ1) is 13.3. The van der Waals surface area contributed by atoms with Gasteiger partial charge in [-0.2, -0.15) is 0 Å². The first-order valence-electron chi connectivity index (χ1n) is 5.46. The predicted octanol–water partition coefficient (Wildman–Crippen LogP) is 1.90. The highest BCUT2D eigenvalue weighted by molar-refractivity contribution is 5.83. The van der Waals surface area contributed by atoms with E-state index in [2.05, 4.69) is 4.74 Å². The molecule has 0 bridgehead atoms. The Bertz CT molecular complexity index is 395. The molecule has 0 aliphatic heterocycles. The Morgan fingerprint density at radius 2 is 2.12 bits per heavy atom. The topological polar surface area (TPSA) is 57.5 Å². The largest absolute Gasteiger partial charge is 0.516 e. The van der Waals surface area contributed by atoms with Crippen LogP contribution in [0.4, 0.5) is 4.79 Å². The Hall–Kier alpha value is -1.78. The lowest BCUT2D eigenvalue weighted by Gasteiger charge is -2.07. The van der Waals surface area contributed by atoms with Crippen LogP contribution in [0.5, 0.6) is 0 Å². The molecule has 0 amide bonds. The van der Waals surface area contributed by atoms with Crippen LogP contribution in [0, 0.1) is 5.92 Å². The number of esters is 1. The van der Waals surface area contributed by atoms with Gasteiger partial charge in [0.2, 0.25) is 0 Å². The molecular weight excluding hydrogens is 222 g/mol. The summed E-state index contributed by atoms with van der Waals surface area (Å²) in [6, 6.07) is 3.61. The minimum Gasteiger partial charge on any atom is -0.434 e. The van der Waals surface area contributed by atoms with Crippen molar-refractivity contribution >= 4 is 12.1 Å². The van der Waals surface area contributed by atoms with E-state index in [1.54, 1.807) is 10.6 Å². The summed E-state index contributed by atoms with van der Waals surface area (Å²) in [5.41, 5.74) is 0.784. The molecule has 0 unspecified atom stereocenters. The van der Waals surface area contributed by atoms with Crippen LogP contribution < -0.4 is 0 Å². The van der Waals surface area contributed by atoms with Gasteiger partial charge in [-0.1, -0.05) is 13.8 Å². The number of aryl methyl sites for hydroxylation is 1. The molecule has 0 fully saturated rings. The van der Waals surface area contributed by atoms with E-state index in [0.717, 1.165) is 5.69 Å². The zero-order valence-electron chi connectivity index (χ0n) is 10.3. The number of carbonyl (C=O) groups excluding carboxylic acids is 2. The number of carbonyl (C=O) groups is 2. The lowest BCUT2D eigenvalue weighted by atomic mass is 10.2. The normalized spacial score (nSPS) is 10.4. The molecule has 5 nitrogen and oxygen atoms in total. The maximum atomic E-state index is 11.4. The van der Waals surface area contributed by atoms with Gasteiger partial charge >= 0.3 is 12.1 Å². The number of nitrogens with zero attached hydrogens (tertiary/aromatic N) is 1. The van der Waals surface area contributed by atoms with E-state index in [-0.39, 0.29) is 18.9 Å². The van der Waals surface area contributed by atoms with Crippen molar-refractivity contribution in [1.29, 1.82) is 0 Å². The molecular formula is C12H17NO4. The fourth-order valence-electron chi connectivity index (χ4n) is 1.22. The van der Waals surface area contributed by atoms with Gasteiger partial charge in [0.1, 0.15) is 0 Å². The molecule has 1 rings (SSSR count). The summed E-state index contributed by atoms with van der Waals surface area (Å²) in [6.07, 6.45) is 0.942. The molecule has 0 spiro atoms. The third-order valence-corrected chi connectivity index (χ3v) is 2.11. The summed E-state index contributed by atoms with van der Waals surface area (Å²) in [7, 11) is 1.82. The first-order valence-corrected chi connectivity index (χ1v) is 5.46. The highest BCUT2D eigenvalue weighted by Crippen LogP contribution is 2.03. The van der Waals surface area contributed by atoms with Crippen LogP contribution in [0.2, 0.25) is 0 Å². The van der Waals surface area contributed by atoms with E-state index in [1.165, 1.54) is 0 Å². The Labute approximate surface area is 100 Å².